The van der Waals surface area contributed by atoms with Gasteiger partial charge < -0.3 is 4.74 Å². The van der Waals surface area contributed by atoms with Gasteiger partial charge in [0.05, 0.1) is 6.10 Å². The van der Waals surface area contributed by atoms with Crippen LogP contribution in [0.15, 0.2) is 48.5 Å². The van der Waals surface area contributed by atoms with Crippen LogP contribution in [0, 0.1) is 3.57 Å². The zero-order chi connectivity index (χ0) is 13.2. The monoisotopic (exact) mass is 364 g/mol. The van der Waals surface area contributed by atoms with Crippen molar-refractivity contribution in [2.45, 2.75) is 18.9 Å². The predicted molar refractivity (Wildman–Crippen MR) is 82.7 cm³/mol. The Labute approximate surface area is 125 Å². The number of hydrogen-bond donors (Lipinski definition) is 0. The zero-order valence-electron chi connectivity index (χ0n) is 10.3. The first-order valence-electron chi connectivity index (χ1n) is 6.29. The van der Waals surface area contributed by atoms with Crippen molar-refractivity contribution in [1.29, 1.82) is 0 Å². The Morgan fingerprint density at radius 3 is 2.47 bits per heavy atom. The van der Waals surface area contributed by atoms with E-state index in [9.17, 15) is 4.79 Å². The first-order valence-corrected chi connectivity index (χ1v) is 7.37. The number of carbonyl (C=O) groups is 1. The highest BCUT2D eigenvalue weighted by molar-refractivity contribution is 14.1. The van der Waals surface area contributed by atoms with Gasteiger partial charge in [0, 0.05) is 14.7 Å². The highest BCUT2D eigenvalue weighted by atomic mass is 127. The maximum atomic E-state index is 12.4. The molecule has 1 aliphatic carbocycles. The molecule has 0 bridgehead atoms. The number of carbonyl (C=O) groups excluding carboxylic acids is 1. The Balaban J connectivity index is 1.84. The van der Waals surface area contributed by atoms with Crippen molar-refractivity contribution >= 4 is 28.4 Å². The summed E-state index contributed by atoms with van der Waals surface area (Å²) in [6.07, 6.45) is 2.59. The molecule has 2 aromatic rings. The molecule has 1 saturated carbocycles. The topological polar surface area (TPSA) is 26.3 Å². The van der Waals surface area contributed by atoms with Gasteiger partial charge in [0.15, 0.2) is 5.78 Å². The number of benzene rings is 2. The maximum Gasteiger partial charge on any atom is 0.193 e. The second kappa shape index (κ2) is 5.33. The molecule has 96 valence electrons. The van der Waals surface area contributed by atoms with Gasteiger partial charge >= 0.3 is 0 Å². The summed E-state index contributed by atoms with van der Waals surface area (Å²) < 4.78 is 6.84. The van der Waals surface area contributed by atoms with Crippen LogP contribution in [0.1, 0.15) is 28.8 Å². The summed E-state index contributed by atoms with van der Waals surface area (Å²) >= 11 is 2.23. The molecule has 19 heavy (non-hydrogen) atoms. The van der Waals surface area contributed by atoms with Crippen LogP contribution in [0.2, 0.25) is 0 Å². The van der Waals surface area contributed by atoms with Gasteiger partial charge in [-0.25, -0.2) is 0 Å². The van der Waals surface area contributed by atoms with Crippen molar-refractivity contribution in [2.75, 3.05) is 0 Å². The van der Waals surface area contributed by atoms with E-state index in [0.717, 1.165) is 22.2 Å². The minimum atomic E-state index is 0.0395. The Hall–Kier alpha value is -1.36. The summed E-state index contributed by atoms with van der Waals surface area (Å²) in [5.74, 6) is 0.830. The van der Waals surface area contributed by atoms with Gasteiger partial charge in [-0.05, 0) is 71.8 Å². The highest BCUT2D eigenvalue weighted by Gasteiger charge is 2.23. The van der Waals surface area contributed by atoms with Crippen molar-refractivity contribution < 1.29 is 9.53 Å². The SMILES string of the molecule is O=C(c1ccc(I)cc1)c1cccc(OC2CC2)c1. The lowest BCUT2D eigenvalue weighted by Gasteiger charge is -2.06. The predicted octanol–water partition coefficient (Wildman–Crippen LogP) is 4.06. The molecule has 1 aliphatic rings. The lowest BCUT2D eigenvalue weighted by Crippen LogP contribution is -2.02. The molecular formula is C16H13IO2. The lowest BCUT2D eigenvalue weighted by molar-refractivity contribution is 0.103. The van der Waals surface area contributed by atoms with Gasteiger partial charge in [0.2, 0.25) is 0 Å². The lowest BCUT2D eigenvalue weighted by atomic mass is 10.0. The van der Waals surface area contributed by atoms with Crippen LogP contribution in [0.25, 0.3) is 0 Å². The number of hydrogen-bond acceptors (Lipinski definition) is 2. The zero-order valence-corrected chi connectivity index (χ0v) is 12.5. The molecule has 2 nitrogen and oxygen atoms in total. The van der Waals surface area contributed by atoms with Crippen LogP contribution in [-0.4, -0.2) is 11.9 Å². The number of rotatable bonds is 4. The van der Waals surface area contributed by atoms with E-state index in [2.05, 4.69) is 22.6 Å². The van der Waals surface area contributed by atoms with Crippen molar-refractivity contribution in [3.63, 3.8) is 0 Å². The molecule has 0 heterocycles. The van der Waals surface area contributed by atoms with Gasteiger partial charge in [-0.3, -0.25) is 4.79 Å². The average molecular weight is 364 g/mol. The Morgan fingerprint density at radius 2 is 1.79 bits per heavy atom. The average Bonchev–Trinajstić information content (AvgIpc) is 3.23. The molecule has 0 saturated heterocycles. The summed E-state index contributed by atoms with van der Waals surface area (Å²) in [6.45, 7) is 0. The molecule has 0 unspecified atom stereocenters. The van der Waals surface area contributed by atoms with Crippen molar-refractivity contribution in [3.05, 3.63) is 63.2 Å². The number of halogens is 1. The first kappa shape index (κ1) is 12.7. The largest absolute Gasteiger partial charge is 0.490 e. The van der Waals surface area contributed by atoms with Gasteiger partial charge in [0.1, 0.15) is 5.75 Å². The Kier molecular flexibility index (Phi) is 3.55. The second-order valence-corrected chi connectivity index (χ2v) is 5.93. The van der Waals surface area contributed by atoms with E-state index in [1.807, 2.05) is 48.5 Å². The van der Waals surface area contributed by atoms with E-state index >= 15 is 0 Å². The molecule has 0 radical (unpaired) electrons. The fourth-order valence-corrected chi connectivity index (χ4v) is 2.22. The molecule has 0 N–H and O–H groups in total. The van der Waals surface area contributed by atoms with Crippen LogP contribution < -0.4 is 4.74 Å². The van der Waals surface area contributed by atoms with E-state index in [4.69, 9.17) is 4.74 Å². The Morgan fingerprint density at radius 1 is 1.05 bits per heavy atom. The first-order chi connectivity index (χ1) is 9.22. The van der Waals surface area contributed by atoms with Crippen LogP contribution in [0.3, 0.4) is 0 Å². The van der Waals surface area contributed by atoms with E-state index in [-0.39, 0.29) is 5.78 Å². The maximum absolute atomic E-state index is 12.4. The molecule has 0 spiro atoms. The van der Waals surface area contributed by atoms with Crippen molar-refractivity contribution in [1.82, 2.24) is 0 Å². The second-order valence-electron chi connectivity index (χ2n) is 4.68. The molecular weight excluding hydrogens is 351 g/mol. The van der Waals surface area contributed by atoms with E-state index in [1.54, 1.807) is 0 Å². The smallest absolute Gasteiger partial charge is 0.193 e. The summed E-state index contributed by atoms with van der Waals surface area (Å²) in [7, 11) is 0. The third-order valence-electron chi connectivity index (χ3n) is 3.03. The number of ether oxygens (including phenoxy) is 1. The molecule has 1 fully saturated rings. The molecule has 0 aromatic heterocycles. The third-order valence-corrected chi connectivity index (χ3v) is 3.75. The summed E-state index contributed by atoms with van der Waals surface area (Å²) in [5, 5.41) is 0. The van der Waals surface area contributed by atoms with Crippen molar-refractivity contribution in [2.24, 2.45) is 0 Å². The van der Waals surface area contributed by atoms with Crippen LogP contribution in [-0.2, 0) is 0 Å². The van der Waals surface area contributed by atoms with Crippen LogP contribution >= 0.6 is 22.6 Å². The van der Waals surface area contributed by atoms with Crippen LogP contribution in [0.4, 0.5) is 0 Å². The van der Waals surface area contributed by atoms with E-state index in [1.165, 1.54) is 0 Å². The van der Waals surface area contributed by atoms with Crippen LogP contribution in [0.5, 0.6) is 5.75 Å². The molecule has 0 atom stereocenters. The minimum absolute atomic E-state index is 0.0395. The summed E-state index contributed by atoms with van der Waals surface area (Å²) in [4.78, 5) is 12.4. The fraction of sp³-hybridized carbons (Fsp3) is 0.188. The van der Waals surface area contributed by atoms with Gasteiger partial charge in [-0.1, -0.05) is 12.1 Å². The van der Waals surface area contributed by atoms with Crippen molar-refractivity contribution in [3.8, 4) is 5.75 Å². The van der Waals surface area contributed by atoms with E-state index in [0.29, 0.717) is 17.2 Å². The van der Waals surface area contributed by atoms with Gasteiger partial charge in [-0.15, -0.1) is 0 Å². The third kappa shape index (κ3) is 3.15. The minimum Gasteiger partial charge on any atom is -0.490 e. The number of ketones is 1. The molecule has 0 amide bonds. The fourth-order valence-electron chi connectivity index (χ4n) is 1.86. The summed E-state index contributed by atoms with van der Waals surface area (Å²) in [6, 6.07) is 15.0. The quantitative estimate of drug-likeness (QED) is 0.604. The normalized spacial score (nSPS) is 14.2. The Bertz CT molecular complexity index is 600. The highest BCUT2D eigenvalue weighted by Crippen LogP contribution is 2.27. The molecule has 3 rings (SSSR count). The van der Waals surface area contributed by atoms with Gasteiger partial charge in [-0.2, -0.15) is 0 Å². The molecule has 0 aliphatic heterocycles. The van der Waals surface area contributed by atoms with E-state index < -0.39 is 0 Å². The summed E-state index contributed by atoms with van der Waals surface area (Å²) in [5.41, 5.74) is 1.39. The molecule has 3 heteroatoms. The standard InChI is InChI=1S/C16H13IO2/c17-13-6-4-11(5-7-13)16(18)12-2-1-3-15(10-12)19-14-8-9-14/h1-7,10,14H,8-9H2. The molecule has 2 aromatic carbocycles. The van der Waals surface area contributed by atoms with Gasteiger partial charge in [0.25, 0.3) is 0 Å².